The molecule has 0 bridgehead atoms. The van der Waals surface area contributed by atoms with Gasteiger partial charge in [0.2, 0.25) is 0 Å². The van der Waals surface area contributed by atoms with Gasteiger partial charge in [0, 0.05) is 59.3 Å². The number of piperazine rings is 1. The molecule has 0 spiro atoms. The second kappa shape index (κ2) is 9.12. The number of thiophene rings is 1. The van der Waals surface area contributed by atoms with Gasteiger partial charge in [-0.05, 0) is 30.3 Å². The SMILES string of the molecule is CS(=O)(=O)c1ccccc1C(=O)N1CCN(Cc2ccc(-c3ccccc3Cl)s2)CC1. The van der Waals surface area contributed by atoms with Crippen LogP contribution in [0.2, 0.25) is 5.02 Å². The molecule has 162 valence electrons. The number of carbonyl (C=O) groups is 1. The molecule has 1 saturated heterocycles. The van der Waals surface area contributed by atoms with Crippen LogP contribution in [0.1, 0.15) is 15.2 Å². The summed E-state index contributed by atoms with van der Waals surface area (Å²) >= 11 is 8.05. The third-order valence-corrected chi connectivity index (χ3v) is 7.94. The second-order valence-corrected chi connectivity index (χ2v) is 11.1. The summed E-state index contributed by atoms with van der Waals surface area (Å²) in [6.07, 6.45) is 1.13. The first-order valence-corrected chi connectivity index (χ1v) is 13.1. The molecule has 31 heavy (non-hydrogen) atoms. The number of carbonyl (C=O) groups excluding carboxylic acids is 1. The van der Waals surface area contributed by atoms with E-state index in [-0.39, 0.29) is 16.4 Å². The van der Waals surface area contributed by atoms with E-state index in [1.165, 1.54) is 10.9 Å². The van der Waals surface area contributed by atoms with Gasteiger partial charge < -0.3 is 4.90 Å². The average molecular weight is 475 g/mol. The fourth-order valence-electron chi connectivity index (χ4n) is 3.74. The zero-order valence-corrected chi connectivity index (χ0v) is 19.5. The lowest BCUT2D eigenvalue weighted by Crippen LogP contribution is -2.48. The van der Waals surface area contributed by atoms with Crippen LogP contribution >= 0.6 is 22.9 Å². The minimum absolute atomic E-state index is 0.0908. The average Bonchev–Trinajstić information content (AvgIpc) is 3.22. The molecular formula is C23H23ClN2O3S2. The monoisotopic (exact) mass is 474 g/mol. The maximum absolute atomic E-state index is 13.0. The molecule has 2 heterocycles. The molecule has 0 unspecified atom stereocenters. The lowest BCUT2D eigenvalue weighted by atomic mass is 10.1. The molecule has 1 aliphatic rings. The smallest absolute Gasteiger partial charge is 0.255 e. The fraction of sp³-hybridized carbons (Fsp3) is 0.261. The van der Waals surface area contributed by atoms with E-state index in [2.05, 4.69) is 17.0 Å². The molecule has 1 amide bonds. The Morgan fingerprint density at radius 2 is 1.65 bits per heavy atom. The van der Waals surface area contributed by atoms with E-state index in [4.69, 9.17) is 11.6 Å². The van der Waals surface area contributed by atoms with E-state index >= 15 is 0 Å². The van der Waals surface area contributed by atoms with Crippen molar-refractivity contribution in [2.75, 3.05) is 32.4 Å². The fourth-order valence-corrected chi connectivity index (χ4v) is 6.00. The molecule has 8 heteroatoms. The third-order valence-electron chi connectivity index (χ3n) is 5.36. The summed E-state index contributed by atoms with van der Waals surface area (Å²) in [6, 6.07) is 18.5. The first-order chi connectivity index (χ1) is 14.8. The van der Waals surface area contributed by atoms with Crippen LogP contribution in [0, 0.1) is 0 Å². The topological polar surface area (TPSA) is 57.7 Å². The molecule has 0 aliphatic carbocycles. The van der Waals surface area contributed by atoms with Crippen molar-refractivity contribution in [1.29, 1.82) is 0 Å². The molecule has 0 N–H and O–H groups in total. The lowest BCUT2D eigenvalue weighted by molar-refractivity contribution is 0.0626. The number of nitrogens with zero attached hydrogens (tertiary/aromatic N) is 2. The number of halogens is 1. The minimum Gasteiger partial charge on any atom is -0.336 e. The molecule has 1 fully saturated rings. The maximum atomic E-state index is 13.0. The van der Waals surface area contributed by atoms with Gasteiger partial charge in [-0.15, -0.1) is 11.3 Å². The van der Waals surface area contributed by atoms with E-state index in [0.717, 1.165) is 41.4 Å². The Balaban J connectivity index is 1.39. The van der Waals surface area contributed by atoms with Crippen LogP contribution in [0.4, 0.5) is 0 Å². The van der Waals surface area contributed by atoms with Crippen molar-refractivity contribution < 1.29 is 13.2 Å². The summed E-state index contributed by atoms with van der Waals surface area (Å²) in [4.78, 5) is 19.5. The van der Waals surface area contributed by atoms with E-state index in [9.17, 15) is 13.2 Å². The largest absolute Gasteiger partial charge is 0.336 e. The normalized spacial score (nSPS) is 15.2. The summed E-state index contributed by atoms with van der Waals surface area (Å²) in [5, 5.41) is 0.748. The highest BCUT2D eigenvalue weighted by atomic mass is 35.5. The molecule has 1 aliphatic heterocycles. The van der Waals surface area contributed by atoms with Gasteiger partial charge in [-0.2, -0.15) is 0 Å². The Morgan fingerprint density at radius 1 is 0.968 bits per heavy atom. The van der Waals surface area contributed by atoms with Crippen molar-refractivity contribution in [1.82, 2.24) is 9.80 Å². The Labute approximate surface area is 191 Å². The van der Waals surface area contributed by atoms with Crippen molar-refractivity contribution in [3.05, 3.63) is 76.1 Å². The van der Waals surface area contributed by atoms with E-state index < -0.39 is 9.84 Å². The van der Waals surface area contributed by atoms with Crippen LogP contribution in [-0.2, 0) is 16.4 Å². The quantitative estimate of drug-likeness (QED) is 0.549. The van der Waals surface area contributed by atoms with Crippen molar-refractivity contribution in [3.63, 3.8) is 0 Å². The van der Waals surface area contributed by atoms with Gasteiger partial charge in [0.25, 0.3) is 5.91 Å². The predicted molar refractivity (Wildman–Crippen MR) is 125 cm³/mol. The summed E-state index contributed by atoms with van der Waals surface area (Å²) in [5.41, 5.74) is 1.29. The standard InChI is InChI=1S/C23H23ClN2O3S2/c1-31(28,29)22-9-5-3-7-19(22)23(27)26-14-12-25(13-15-26)16-17-10-11-21(30-17)18-6-2-4-8-20(18)24/h2-11H,12-16H2,1H3. The van der Waals surface area contributed by atoms with Crippen LogP contribution in [-0.4, -0.2) is 56.6 Å². The Bertz CT molecular complexity index is 1200. The van der Waals surface area contributed by atoms with E-state index in [1.807, 2.05) is 24.3 Å². The first-order valence-electron chi connectivity index (χ1n) is 9.97. The summed E-state index contributed by atoms with van der Waals surface area (Å²) in [7, 11) is -3.46. The number of hydrogen-bond acceptors (Lipinski definition) is 5. The molecule has 5 nitrogen and oxygen atoms in total. The molecule has 0 radical (unpaired) electrons. The number of benzene rings is 2. The van der Waals surface area contributed by atoms with Gasteiger partial charge in [0.05, 0.1) is 10.5 Å². The molecule has 0 saturated carbocycles. The third kappa shape index (κ3) is 5.01. The van der Waals surface area contributed by atoms with E-state index in [1.54, 1.807) is 34.4 Å². The number of amides is 1. The van der Waals surface area contributed by atoms with Crippen molar-refractivity contribution in [2.45, 2.75) is 11.4 Å². The van der Waals surface area contributed by atoms with Crippen molar-refractivity contribution in [2.24, 2.45) is 0 Å². The molecule has 3 aromatic rings. The van der Waals surface area contributed by atoms with Crippen LogP contribution < -0.4 is 0 Å². The molecule has 4 rings (SSSR count). The summed E-state index contributed by atoms with van der Waals surface area (Å²) in [5.74, 6) is -0.224. The maximum Gasteiger partial charge on any atom is 0.255 e. The highest BCUT2D eigenvalue weighted by molar-refractivity contribution is 7.90. The highest BCUT2D eigenvalue weighted by Crippen LogP contribution is 2.33. The van der Waals surface area contributed by atoms with Gasteiger partial charge in [-0.25, -0.2) is 8.42 Å². The predicted octanol–water partition coefficient (Wildman–Crippen LogP) is 4.43. The van der Waals surface area contributed by atoms with Crippen LogP contribution in [0.25, 0.3) is 10.4 Å². The van der Waals surface area contributed by atoms with Crippen LogP contribution in [0.15, 0.2) is 65.6 Å². The first kappa shape index (κ1) is 22.0. The minimum atomic E-state index is -3.46. The molecular weight excluding hydrogens is 452 g/mol. The van der Waals surface area contributed by atoms with Crippen LogP contribution in [0.5, 0.6) is 0 Å². The molecule has 1 aromatic heterocycles. The second-order valence-electron chi connectivity index (χ2n) is 7.58. The zero-order valence-electron chi connectivity index (χ0n) is 17.1. The van der Waals surface area contributed by atoms with Gasteiger partial charge in [0.1, 0.15) is 0 Å². The number of sulfone groups is 1. The van der Waals surface area contributed by atoms with E-state index in [0.29, 0.717) is 13.1 Å². The summed E-state index contributed by atoms with van der Waals surface area (Å²) < 4.78 is 24.1. The van der Waals surface area contributed by atoms with Gasteiger partial charge in [-0.3, -0.25) is 9.69 Å². The highest BCUT2D eigenvalue weighted by Gasteiger charge is 2.26. The van der Waals surface area contributed by atoms with Gasteiger partial charge in [-0.1, -0.05) is 41.9 Å². The Hall–Kier alpha value is -2.19. The van der Waals surface area contributed by atoms with Crippen molar-refractivity contribution >= 4 is 38.7 Å². The Kier molecular flexibility index (Phi) is 6.48. The summed E-state index contributed by atoms with van der Waals surface area (Å²) in [6.45, 7) is 3.44. The zero-order chi connectivity index (χ0) is 22.0. The number of rotatable bonds is 5. The molecule has 2 aromatic carbocycles. The van der Waals surface area contributed by atoms with Crippen molar-refractivity contribution in [3.8, 4) is 10.4 Å². The lowest BCUT2D eigenvalue weighted by Gasteiger charge is -2.34. The Morgan fingerprint density at radius 3 is 2.35 bits per heavy atom. The van der Waals surface area contributed by atoms with Gasteiger partial charge >= 0.3 is 0 Å². The number of hydrogen-bond donors (Lipinski definition) is 0. The molecule has 0 atom stereocenters. The van der Waals surface area contributed by atoms with Gasteiger partial charge in [0.15, 0.2) is 9.84 Å². The van der Waals surface area contributed by atoms with Crippen LogP contribution in [0.3, 0.4) is 0 Å².